The van der Waals surface area contributed by atoms with Gasteiger partial charge in [-0.2, -0.15) is 0 Å². The van der Waals surface area contributed by atoms with Gasteiger partial charge in [0.1, 0.15) is 17.6 Å². The Balaban J connectivity index is 1.56. The lowest BCUT2D eigenvalue weighted by Gasteiger charge is -2.26. The van der Waals surface area contributed by atoms with Crippen LogP contribution in [0.3, 0.4) is 0 Å². The highest BCUT2D eigenvalue weighted by atomic mass is 32.1. The highest BCUT2D eigenvalue weighted by molar-refractivity contribution is 7.80. The molecule has 0 aliphatic carbocycles. The van der Waals surface area contributed by atoms with Gasteiger partial charge in [-0.25, -0.2) is 4.79 Å². The Labute approximate surface area is 196 Å². The van der Waals surface area contributed by atoms with Crippen molar-refractivity contribution in [2.24, 2.45) is 0 Å². The Morgan fingerprint density at radius 1 is 1.00 bits per heavy atom. The molecular weight excluding hydrogens is 434 g/mol. The van der Waals surface area contributed by atoms with Crippen LogP contribution in [0, 0.1) is 0 Å². The van der Waals surface area contributed by atoms with Gasteiger partial charge in [0.05, 0.1) is 17.3 Å². The van der Waals surface area contributed by atoms with Crippen molar-refractivity contribution in [2.75, 3.05) is 0 Å². The molecule has 0 spiro atoms. The van der Waals surface area contributed by atoms with Crippen molar-refractivity contribution in [3.05, 3.63) is 114 Å². The Kier molecular flexibility index (Phi) is 5.62. The first-order valence-electron chi connectivity index (χ1n) is 10.6. The molecule has 164 valence electrons. The van der Waals surface area contributed by atoms with Gasteiger partial charge in [0.2, 0.25) is 0 Å². The second kappa shape index (κ2) is 8.88. The quantitative estimate of drug-likeness (QED) is 0.386. The van der Waals surface area contributed by atoms with Crippen molar-refractivity contribution in [1.29, 1.82) is 0 Å². The summed E-state index contributed by atoms with van der Waals surface area (Å²) in [6, 6.07) is 26.0. The van der Waals surface area contributed by atoms with Crippen molar-refractivity contribution < 1.29 is 14.3 Å². The number of benzene rings is 2. The van der Waals surface area contributed by atoms with E-state index in [1.54, 1.807) is 30.5 Å². The van der Waals surface area contributed by atoms with Crippen molar-refractivity contribution in [1.82, 2.24) is 15.2 Å². The second-order valence-corrected chi connectivity index (χ2v) is 8.18. The van der Waals surface area contributed by atoms with E-state index in [9.17, 15) is 9.90 Å². The van der Waals surface area contributed by atoms with Crippen molar-refractivity contribution >= 4 is 23.3 Å². The molecule has 0 saturated carbocycles. The average Bonchev–Trinajstić information content (AvgIpc) is 3.45. The number of hydrogen-bond acceptors (Lipinski definition) is 4. The van der Waals surface area contributed by atoms with Gasteiger partial charge < -0.3 is 19.7 Å². The lowest BCUT2D eigenvalue weighted by atomic mass is 10.0. The molecule has 0 amide bonds. The highest BCUT2D eigenvalue weighted by Crippen LogP contribution is 2.41. The van der Waals surface area contributed by atoms with Gasteiger partial charge in [-0.15, -0.1) is 0 Å². The van der Waals surface area contributed by atoms with Crippen LogP contribution < -0.4 is 5.32 Å². The summed E-state index contributed by atoms with van der Waals surface area (Å²) in [5, 5.41) is 13.6. The van der Waals surface area contributed by atoms with Crippen LogP contribution in [0.4, 0.5) is 0 Å². The van der Waals surface area contributed by atoms with Crippen LogP contribution in [-0.2, 0) is 6.54 Å². The van der Waals surface area contributed by atoms with Crippen LogP contribution in [0.5, 0.6) is 0 Å². The number of aromatic carboxylic acids is 1. The van der Waals surface area contributed by atoms with Crippen molar-refractivity contribution in [3.63, 3.8) is 0 Å². The number of carboxylic acids is 1. The largest absolute Gasteiger partial charge is 0.478 e. The summed E-state index contributed by atoms with van der Waals surface area (Å²) in [5.41, 5.74) is 2.70. The molecule has 0 unspecified atom stereocenters. The van der Waals surface area contributed by atoms with Crippen LogP contribution in [0.1, 0.15) is 39.5 Å². The van der Waals surface area contributed by atoms with Crippen LogP contribution >= 0.6 is 12.2 Å². The zero-order valence-electron chi connectivity index (χ0n) is 17.6. The maximum Gasteiger partial charge on any atom is 0.336 e. The van der Waals surface area contributed by atoms with Crippen molar-refractivity contribution in [2.45, 2.75) is 18.6 Å². The lowest BCUT2D eigenvalue weighted by Crippen LogP contribution is -2.29. The molecule has 1 saturated heterocycles. The van der Waals surface area contributed by atoms with Gasteiger partial charge in [-0.1, -0.05) is 54.6 Å². The number of nitrogens with zero attached hydrogens (tertiary/aromatic N) is 2. The molecule has 7 heteroatoms. The number of carbonyl (C=O) groups is 1. The van der Waals surface area contributed by atoms with Gasteiger partial charge in [-0.05, 0) is 48.1 Å². The van der Waals surface area contributed by atoms with Crippen molar-refractivity contribution in [3.8, 4) is 11.3 Å². The van der Waals surface area contributed by atoms with Gasteiger partial charge in [-0.3, -0.25) is 4.98 Å². The van der Waals surface area contributed by atoms with E-state index >= 15 is 0 Å². The molecule has 0 radical (unpaired) electrons. The Morgan fingerprint density at radius 3 is 2.52 bits per heavy atom. The zero-order chi connectivity index (χ0) is 22.8. The first kappa shape index (κ1) is 20.9. The number of aromatic nitrogens is 1. The molecule has 2 N–H and O–H groups in total. The summed E-state index contributed by atoms with van der Waals surface area (Å²) in [4.78, 5) is 18.3. The van der Waals surface area contributed by atoms with E-state index in [0.717, 1.165) is 11.3 Å². The molecule has 1 aliphatic heterocycles. The van der Waals surface area contributed by atoms with E-state index in [4.69, 9.17) is 16.6 Å². The van der Waals surface area contributed by atoms with E-state index in [0.29, 0.717) is 28.7 Å². The molecule has 2 aromatic heterocycles. The summed E-state index contributed by atoms with van der Waals surface area (Å²) in [5.74, 6) is 0.189. The molecule has 2 aromatic carbocycles. The number of rotatable bonds is 6. The number of furan rings is 1. The monoisotopic (exact) mass is 455 g/mol. The minimum absolute atomic E-state index is 0.195. The maximum atomic E-state index is 11.7. The third-order valence-electron chi connectivity index (χ3n) is 5.73. The second-order valence-electron chi connectivity index (χ2n) is 7.79. The molecule has 6 nitrogen and oxygen atoms in total. The molecule has 4 aromatic rings. The summed E-state index contributed by atoms with van der Waals surface area (Å²) < 4.78 is 6.28. The molecule has 5 rings (SSSR count). The number of hydrogen-bond donors (Lipinski definition) is 2. The highest BCUT2D eigenvalue weighted by Gasteiger charge is 2.41. The van der Waals surface area contributed by atoms with E-state index in [2.05, 4.69) is 27.3 Å². The molecular formula is C26H21N3O3S. The first-order valence-corrected chi connectivity index (χ1v) is 11.0. The van der Waals surface area contributed by atoms with Crippen LogP contribution in [0.25, 0.3) is 11.3 Å². The van der Waals surface area contributed by atoms with Crippen LogP contribution in [0.2, 0.25) is 0 Å². The standard InChI is InChI=1S/C26H21N3O3S/c30-25(31)19-11-5-4-10-18(19)21-13-14-22(32-21)24-23(20-12-6-7-15-27-20)28-26(33)29(24)16-17-8-2-1-3-9-17/h1-15,23-24H,16H2,(H,28,33)(H,30,31)/t23-,24-/m1/s1. The minimum atomic E-state index is -0.996. The number of pyridine rings is 1. The average molecular weight is 456 g/mol. The topological polar surface area (TPSA) is 78.6 Å². The first-order chi connectivity index (χ1) is 16.1. The molecule has 3 heterocycles. The molecule has 1 aliphatic rings. The van der Waals surface area contributed by atoms with E-state index < -0.39 is 5.97 Å². The molecule has 1 fully saturated rings. The van der Waals surface area contributed by atoms with E-state index in [1.165, 1.54) is 0 Å². The minimum Gasteiger partial charge on any atom is -0.478 e. The van der Waals surface area contributed by atoms with Gasteiger partial charge >= 0.3 is 5.97 Å². The van der Waals surface area contributed by atoms with Gasteiger partial charge in [0.25, 0.3) is 0 Å². The molecule has 2 atom stereocenters. The molecule has 0 bridgehead atoms. The Hall–Kier alpha value is -3.97. The number of nitrogens with one attached hydrogen (secondary N) is 1. The molecule has 33 heavy (non-hydrogen) atoms. The van der Waals surface area contributed by atoms with Crippen LogP contribution in [-0.4, -0.2) is 26.1 Å². The summed E-state index contributed by atoms with van der Waals surface area (Å²) in [7, 11) is 0. The Bertz CT molecular complexity index is 1290. The van der Waals surface area contributed by atoms with E-state index in [-0.39, 0.29) is 17.6 Å². The number of thiocarbonyl (C=S) groups is 1. The predicted octanol–water partition coefficient (Wildman–Crippen LogP) is 5.21. The predicted molar refractivity (Wildman–Crippen MR) is 129 cm³/mol. The van der Waals surface area contributed by atoms with E-state index in [1.807, 2.05) is 48.5 Å². The SMILES string of the molecule is O=C(O)c1ccccc1-c1ccc([C@@H]2[C@@H](c3ccccn3)NC(=S)N2Cc2ccccc2)o1. The Morgan fingerprint density at radius 2 is 1.76 bits per heavy atom. The lowest BCUT2D eigenvalue weighted by molar-refractivity contribution is 0.0697. The van der Waals surface area contributed by atoms with Gasteiger partial charge in [0.15, 0.2) is 5.11 Å². The normalized spacial score (nSPS) is 17.7. The zero-order valence-corrected chi connectivity index (χ0v) is 18.4. The fourth-order valence-corrected chi connectivity index (χ4v) is 4.51. The third-order valence-corrected chi connectivity index (χ3v) is 6.09. The smallest absolute Gasteiger partial charge is 0.336 e. The number of carboxylic acid groups (broad SMARTS) is 1. The summed E-state index contributed by atoms with van der Waals surface area (Å²) >= 11 is 5.72. The van der Waals surface area contributed by atoms with Gasteiger partial charge in [0, 0.05) is 18.3 Å². The third kappa shape index (κ3) is 4.10. The van der Waals surface area contributed by atoms with Crippen LogP contribution in [0.15, 0.2) is 95.5 Å². The summed E-state index contributed by atoms with van der Waals surface area (Å²) in [6.07, 6.45) is 1.76. The maximum absolute atomic E-state index is 11.7. The summed E-state index contributed by atoms with van der Waals surface area (Å²) in [6.45, 7) is 0.600. The fraction of sp³-hybridized carbons (Fsp3) is 0.115. The fourth-order valence-electron chi connectivity index (χ4n) is 4.21.